The van der Waals surface area contributed by atoms with Crippen molar-refractivity contribution in [2.24, 2.45) is 0 Å². The summed E-state index contributed by atoms with van der Waals surface area (Å²) in [7, 11) is 1.58. The Morgan fingerprint density at radius 3 is 2.96 bits per heavy atom. The van der Waals surface area contributed by atoms with Gasteiger partial charge in [-0.05, 0) is 36.1 Å². The smallest absolute Gasteiger partial charge is 0.325 e. The number of pyridine rings is 1. The van der Waals surface area contributed by atoms with Gasteiger partial charge in [0.15, 0.2) is 0 Å². The predicted molar refractivity (Wildman–Crippen MR) is 86.5 cm³/mol. The van der Waals surface area contributed by atoms with Crippen molar-refractivity contribution < 1.29 is 14.6 Å². The molecule has 0 amide bonds. The molecule has 0 spiro atoms. The quantitative estimate of drug-likeness (QED) is 0.940. The number of carboxylic acid groups (broad SMARTS) is 1. The summed E-state index contributed by atoms with van der Waals surface area (Å²) in [6, 6.07) is 9.03. The second kappa shape index (κ2) is 6.38. The molecule has 23 heavy (non-hydrogen) atoms. The summed E-state index contributed by atoms with van der Waals surface area (Å²) >= 11 is 0. The van der Waals surface area contributed by atoms with Crippen LogP contribution >= 0.6 is 0 Å². The van der Waals surface area contributed by atoms with Crippen LogP contribution in [0.5, 0.6) is 5.88 Å². The molecule has 2 heterocycles. The number of aryl methyl sites for hydroxylation is 1. The molecule has 1 aromatic heterocycles. The number of nitrogens with zero attached hydrogens (tertiary/aromatic N) is 2. The molecular weight excluding hydrogens is 292 g/mol. The van der Waals surface area contributed by atoms with E-state index in [9.17, 15) is 9.90 Å². The van der Waals surface area contributed by atoms with Crippen molar-refractivity contribution in [3.8, 4) is 5.88 Å². The number of aliphatic carboxylic acids is 1. The number of rotatable bonds is 4. The van der Waals surface area contributed by atoms with Gasteiger partial charge < -0.3 is 9.84 Å². The first-order chi connectivity index (χ1) is 11.1. The fraction of sp³-hybridized carbons (Fsp3) is 0.333. The van der Waals surface area contributed by atoms with Gasteiger partial charge >= 0.3 is 5.97 Å². The topological polar surface area (TPSA) is 62.7 Å². The molecule has 120 valence electrons. The molecule has 5 heteroatoms. The number of hydrogen-bond donors (Lipinski definition) is 1. The fourth-order valence-electron chi connectivity index (χ4n) is 3.31. The van der Waals surface area contributed by atoms with E-state index in [4.69, 9.17) is 4.74 Å². The highest BCUT2D eigenvalue weighted by Gasteiger charge is 2.33. The highest BCUT2D eigenvalue weighted by molar-refractivity contribution is 5.77. The first-order valence-corrected chi connectivity index (χ1v) is 7.65. The molecule has 2 aromatic rings. The molecule has 0 saturated heterocycles. The van der Waals surface area contributed by atoms with Gasteiger partial charge in [-0.25, -0.2) is 4.98 Å². The third-order valence-electron chi connectivity index (χ3n) is 4.41. The molecule has 1 unspecified atom stereocenters. The van der Waals surface area contributed by atoms with Crippen molar-refractivity contribution in [3.63, 3.8) is 0 Å². The van der Waals surface area contributed by atoms with E-state index in [1.807, 2.05) is 42.2 Å². The van der Waals surface area contributed by atoms with E-state index in [1.165, 1.54) is 0 Å². The van der Waals surface area contributed by atoms with Gasteiger partial charge in [0.2, 0.25) is 5.88 Å². The molecule has 0 aliphatic carbocycles. The monoisotopic (exact) mass is 312 g/mol. The van der Waals surface area contributed by atoms with E-state index < -0.39 is 12.0 Å². The fourth-order valence-corrected chi connectivity index (χ4v) is 3.31. The summed E-state index contributed by atoms with van der Waals surface area (Å²) in [5.41, 5.74) is 4.12. The zero-order valence-electron chi connectivity index (χ0n) is 13.3. The van der Waals surface area contributed by atoms with Crippen molar-refractivity contribution in [3.05, 3.63) is 58.8 Å². The Balaban J connectivity index is 1.95. The number of fused-ring (bicyclic) bond motifs is 1. The van der Waals surface area contributed by atoms with Crippen LogP contribution in [-0.4, -0.2) is 34.6 Å². The lowest BCUT2D eigenvalue weighted by atomic mass is 9.89. The van der Waals surface area contributed by atoms with Crippen molar-refractivity contribution >= 4 is 5.97 Å². The average molecular weight is 312 g/mol. The zero-order chi connectivity index (χ0) is 16.4. The highest BCUT2D eigenvalue weighted by atomic mass is 16.5. The van der Waals surface area contributed by atoms with Gasteiger partial charge in [-0.2, -0.15) is 0 Å². The molecule has 5 nitrogen and oxygen atoms in total. The number of benzene rings is 1. The number of methoxy groups -OCH3 is 1. The minimum Gasteiger partial charge on any atom is -0.481 e. The summed E-state index contributed by atoms with van der Waals surface area (Å²) in [5, 5.41) is 9.76. The van der Waals surface area contributed by atoms with E-state index in [0.717, 1.165) is 28.7 Å². The van der Waals surface area contributed by atoms with Crippen LogP contribution in [0.15, 0.2) is 36.5 Å². The molecular formula is C18H20N2O3. The molecule has 1 N–H and O–H groups in total. The minimum atomic E-state index is -0.820. The summed E-state index contributed by atoms with van der Waals surface area (Å²) in [6.07, 6.45) is 2.53. The molecule has 0 fully saturated rings. The highest BCUT2D eigenvalue weighted by Crippen LogP contribution is 2.33. The van der Waals surface area contributed by atoms with Gasteiger partial charge in [0.05, 0.1) is 7.11 Å². The van der Waals surface area contributed by atoms with Crippen LogP contribution in [-0.2, 0) is 17.8 Å². The zero-order valence-corrected chi connectivity index (χ0v) is 13.3. The van der Waals surface area contributed by atoms with E-state index in [1.54, 1.807) is 13.3 Å². The lowest BCUT2D eigenvalue weighted by molar-refractivity contribution is -0.144. The van der Waals surface area contributed by atoms with Gasteiger partial charge in [-0.3, -0.25) is 9.69 Å². The Morgan fingerprint density at radius 2 is 2.22 bits per heavy atom. The van der Waals surface area contributed by atoms with Crippen LogP contribution < -0.4 is 4.74 Å². The Hall–Kier alpha value is -2.40. The summed E-state index contributed by atoms with van der Waals surface area (Å²) in [4.78, 5) is 18.1. The second-order valence-electron chi connectivity index (χ2n) is 5.78. The molecule has 3 rings (SSSR count). The maximum Gasteiger partial charge on any atom is 0.325 e. The number of carboxylic acids is 1. The van der Waals surface area contributed by atoms with Crippen LogP contribution in [0.3, 0.4) is 0 Å². The van der Waals surface area contributed by atoms with Crippen LogP contribution in [0.2, 0.25) is 0 Å². The van der Waals surface area contributed by atoms with Crippen LogP contribution in [0, 0.1) is 6.92 Å². The number of ether oxygens (including phenoxy) is 1. The summed E-state index contributed by atoms with van der Waals surface area (Å²) in [5.74, 6) is -0.272. The first-order valence-electron chi connectivity index (χ1n) is 7.65. The Kier molecular flexibility index (Phi) is 4.30. The first kappa shape index (κ1) is 15.5. The van der Waals surface area contributed by atoms with Gasteiger partial charge in [-0.1, -0.05) is 24.3 Å². The predicted octanol–water partition coefficient (Wildman–Crippen LogP) is 2.58. The normalized spacial score (nSPS) is 17.6. The van der Waals surface area contributed by atoms with Crippen LogP contribution in [0.25, 0.3) is 0 Å². The van der Waals surface area contributed by atoms with Gasteiger partial charge in [0.1, 0.15) is 6.04 Å². The molecule has 0 saturated carbocycles. The van der Waals surface area contributed by atoms with Crippen molar-refractivity contribution in [2.45, 2.75) is 25.9 Å². The van der Waals surface area contributed by atoms with E-state index in [0.29, 0.717) is 19.0 Å². The lowest BCUT2D eigenvalue weighted by Gasteiger charge is -2.35. The standard InChI is InChI=1S/C18H20N2O3/c1-12-5-3-7-15-14(12)8-10-20(16(15)18(21)22)11-13-6-4-9-19-17(13)23-2/h3-7,9,16H,8,10-11H2,1-2H3,(H,21,22). The van der Waals surface area contributed by atoms with Gasteiger partial charge in [0.25, 0.3) is 0 Å². The Morgan fingerprint density at radius 1 is 1.39 bits per heavy atom. The molecule has 0 bridgehead atoms. The summed E-state index contributed by atoms with van der Waals surface area (Å²) in [6.45, 7) is 3.24. The number of aromatic nitrogens is 1. The lowest BCUT2D eigenvalue weighted by Crippen LogP contribution is -2.39. The third-order valence-corrected chi connectivity index (χ3v) is 4.41. The van der Waals surface area contributed by atoms with Crippen LogP contribution in [0.1, 0.15) is 28.3 Å². The molecule has 0 radical (unpaired) electrons. The number of hydrogen-bond acceptors (Lipinski definition) is 4. The Bertz CT molecular complexity index is 730. The largest absolute Gasteiger partial charge is 0.481 e. The van der Waals surface area contributed by atoms with E-state index in [2.05, 4.69) is 4.98 Å². The SMILES string of the molecule is COc1ncccc1CN1CCc2c(C)cccc2C1C(=O)O. The Labute approximate surface area is 135 Å². The van der Waals surface area contributed by atoms with Crippen molar-refractivity contribution in [1.29, 1.82) is 0 Å². The van der Waals surface area contributed by atoms with Gasteiger partial charge in [-0.15, -0.1) is 0 Å². The van der Waals surface area contributed by atoms with Crippen LogP contribution in [0.4, 0.5) is 0 Å². The molecule has 1 aromatic carbocycles. The second-order valence-corrected chi connectivity index (χ2v) is 5.78. The minimum absolute atomic E-state index is 0.501. The number of carbonyl (C=O) groups is 1. The van der Waals surface area contributed by atoms with Crippen molar-refractivity contribution in [2.75, 3.05) is 13.7 Å². The average Bonchev–Trinajstić information content (AvgIpc) is 2.55. The molecule has 1 atom stereocenters. The van der Waals surface area contributed by atoms with Crippen molar-refractivity contribution in [1.82, 2.24) is 9.88 Å². The van der Waals surface area contributed by atoms with Gasteiger partial charge in [0, 0.05) is 24.8 Å². The maximum atomic E-state index is 11.9. The third kappa shape index (κ3) is 2.92. The summed E-state index contributed by atoms with van der Waals surface area (Å²) < 4.78 is 5.29. The molecule has 1 aliphatic rings. The maximum absolute atomic E-state index is 11.9. The van der Waals surface area contributed by atoms with E-state index >= 15 is 0 Å². The van der Waals surface area contributed by atoms with E-state index in [-0.39, 0.29) is 0 Å². The molecule has 1 aliphatic heterocycles.